The minimum absolute atomic E-state index is 0.539. The smallest absolute Gasteiger partial charge is 0.101 e. The van der Waals surface area contributed by atoms with E-state index in [2.05, 4.69) is 23.2 Å². The molecular weight excluding hydrogens is 224 g/mol. The van der Waals surface area contributed by atoms with E-state index in [-0.39, 0.29) is 0 Å². The van der Waals surface area contributed by atoms with Gasteiger partial charge in [0.25, 0.3) is 0 Å². The van der Waals surface area contributed by atoms with Gasteiger partial charge in [0.2, 0.25) is 0 Å². The van der Waals surface area contributed by atoms with Gasteiger partial charge in [-0.25, -0.2) is 0 Å². The van der Waals surface area contributed by atoms with Crippen molar-refractivity contribution < 1.29 is 0 Å². The van der Waals surface area contributed by atoms with E-state index in [1.807, 2.05) is 12.1 Å². The highest BCUT2D eigenvalue weighted by Crippen LogP contribution is 2.20. The molecule has 1 aliphatic rings. The van der Waals surface area contributed by atoms with Crippen LogP contribution in [-0.2, 0) is 0 Å². The number of benzene rings is 1. The summed E-state index contributed by atoms with van der Waals surface area (Å²) in [6.45, 7) is 5.47. The maximum atomic E-state index is 8.82. The molecule has 1 saturated heterocycles. The fraction of sp³-hybridized carbons (Fsp3) is 0.500. The first-order chi connectivity index (χ1) is 8.74. The van der Waals surface area contributed by atoms with Crippen LogP contribution in [-0.4, -0.2) is 30.6 Å². The zero-order valence-corrected chi connectivity index (χ0v) is 10.8. The first kappa shape index (κ1) is 12.7. The largest absolute Gasteiger partial charge is 0.398 e. The lowest BCUT2D eigenvalue weighted by Crippen LogP contribution is -2.34. The van der Waals surface area contributed by atoms with Crippen LogP contribution in [0.3, 0.4) is 0 Å². The number of likely N-dealkylation sites (tertiary alicyclic amines) is 1. The highest BCUT2D eigenvalue weighted by Gasteiger charge is 2.22. The highest BCUT2D eigenvalue weighted by atomic mass is 15.2. The molecule has 2 rings (SSSR count). The molecule has 0 aromatic heterocycles. The van der Waals surface area contributed by atoms with E-state index in [9.17, 15) is 0 Å². The van der Waals surface area contributed by atoms with Gasteiger partial charge < -0.3 is 11.1 Å². The van der Waals surface area contributed by atoms with Crippen molar-refractivity contribution in [2.24, 2.45) is 0 Å². The molecule has 0 saturated carbocycles. The van der Waals surface area contributed by atoms with Gasteiger partial charge in [-0.2, -0.15) is 5.26 Å². The van der Waals surface area contributed by atoms with E-state index in [0.717, 1.165) is 18.8 Å². The Bertz CT molecular complexity index is 450. The lowest BCUT2D eigenvalue weighted by atomic mass is 10.1. The topological polar surface area (TPSA) is 65.1 Å². The van der Waals surface area contributed by atoms with Crippen LogP contribution in [0, 0.1) is 11.3 Å². The van der Waals surface area contributed by atoms with Crippen LogP contribution in [0.15, 0.2) is 18.2 Å². The van der Waals surface area contributed by atoms with Crippen LogP contribution in [0.5, 0.6) is 0 Å². The molecule has 1 aliphatic heterocycles. The summed E-state index contributed by atoms with van der Waals surface area (Å²) in [6.07, 6.45) is 2.54. The Morgan fingerprint density at radius 3 is 3.06 bits per heavy atom. The van der Waals surface area contributed by atoms with Crippen molar-refractivity contribution in [2.45, 2.75) is 25.8 Å². The van der Waals surface area contributed by atoms with Gasteiger partial charge in [0.15, 0.2) is 0 Å². The normalized spacial score (nSPS) is 19.7. The number of anilines is 2. The Balaban J connectivity index is 1.94. The van der Waals surface area contributed by atoms with Gasteiger partial charge >= 0.3 is 0 Å². The molecule has 0 radical (unpaired) electrons. The Hall–Kier alpha value is -1.73. The zero-order chi connectivity index (χ0) is 13.0. The number of rotatable bonds is 4. The Kier molecular flexibility index (Phi) is 4.06. The van der Waals surface area contributed by atoms with E-state index >= 15 is 0 Å². The first-order valence-electron chi connectivity index (χ1n) is 6.52. The summed E-state index contributed by atoms with van der Waals surface area (Å²) in [7, 11) is 0. The molecule has 96 valence electrons. The summed E-state index contributed by atoms with van der Waals surface area (Å²) in [6, 6.07) is 8.21. The summed E-state index contributed by atoms with van der Waals surface area (Å²) >= 11 is 0. The van der Waals surface area contributed by atoms with Crippen LogP contribution in [0.2, 0.25) is 0 Å². The minimum Gasteiger partial charge on any atom is -0.398 e. The number of hydrogen-bond donors (Lipinski definition) is 2. The molecule has 1 atom stereocenters. The lowest BCUT2D eigenvalue weighted by Gasteiger charge is -2.23. The van der Waals surface area contributed by atoms with Gasteiger partial charge in [0.1, 0.15) is 6.07 Å². The van der Waals surface area contributed by atoms with Crippen LogP contribution < -0.4 is 11.1 Å². The maximum absolute atomic E-state index is 8.82. The lowest BCUT2D eigenvalue weighted by molar-refractivity contribution is 0.277. The molecule has 4 heteroatoms. The fourth-order valence-electron chi connectivity index (χ4n) is 2.55. The van der Waals surface area contributed by atoms with Gasteiger partial charge in [0.05, 0.1) is 11.3 Å². The average Bonchev–Trinajstić information content (AvgIpc) is 2.84. The monoisotopic (exact) mass is 244 g/mol. The molecule has 1 heterocycles. The molecular formula is C14H20N4. The first-order valence-corrected chi connectivity index (χ1v) is 6.52. The summed E-state index contributed by atoms with van der Waals surface area (Å²) in [4.78, 5) is 2.50. The van der Waals surface area contributed by atoms with E-state index in [1.165, 1.54) is 19.4 Å². The van der Waals surface area contributed by atoms with Crippen molar-refractivity contribution in [3.8, 4) is 6.07 Å². The average molecular weight is 244 g/mol. The SMILES string of the molecule is CCN1CCCC1CNc1ccc(C#N)c(N)c1. The van der Waals surface area contributed by atoms with E-state index in [0.29, 0.717) is 17.3 Å². The predicted molar refractivity (Wildman–Crippen MR) is 74.3 cm³/mol. The van der Waals surface area contributed by atoms with Gasteiger partial charge in [0, 0.05) is 18.3 Å². The predicted octanol–water partition coefficient (Wildman–Crippen LogP) is 2.04. The quantitative estimate of drug-likeness (QED) is 0.795. The Morgan fingerprint density at radius 2 is 2.39 bits per heavy atom. The van der Waals surface area contributed by atoms with Crippen molar-refractivity contribution in [2.75, 3.05) is 30.7 Å². The van der Waals surface area contributed by atoms with Gasteiger partial charge in [-0.15, -0.1) is 0 Å². The van der Waals surface area contributed by atoms with Gasteiger partial charge in [-0.1, -0.05) is 6.92 Å². The van der Waals surface area contributed by atoms with Gasteiger partial charge in [-0.05, 0) is 44.1 Å². The van der Waals surface area contributed by atoms with Crippen molar-refractivity contribution in [3.63, 3.8) is 0 Å². The maximum Gasteiger partial charge on any atom is 0.101 e. The molecule has 0 bridgehead atoms. The number of hydrogen-bond acceptors (Lipinski definition) is 4. The molecule has 0 aliphatic carbocycles. The standard InChI is InChI=1S/C14H20N4/c1-2-18-7-3-4-13(18)10-17-12-6-5-11(9-15)14(16)8-12/h5-6,8,13,17H,2-4,7,10,16H2,1H3. The molecule has 0 spiro atoms. The second kappa shape index (κ2) is 5.74. The van der Waals surface area contributed by atoms with Crippen LogP contribution in [0.4, 0.5) is 11.4 Å². The second-order valence-corrected chi connectivity index (χ2v) is 4.72. The Labute approximate surface area is 108 Å². The highest BCUT2D eigenvalue weighted by molar-refractivity contribution is 5.62. The second-order valence-electron chi connectivity index (χ2n) is 4.72. The number of nitriles is 1. The molecule has 3 N–H and O–H groups in total. The molecule has 1 unspecified atom stereocenters. The Morgan fingerprint density at radius 1 is 1.56 bits per heavy atom. The molecule has 1 aromatic rings. The van der Waals surface area contributed by atoms with Crippen LogP contribution >= 0.6 is 0 Å². The van der Waals surface area contributed by atoms with E-state index in [1.54, 1.807) is 6.07 Å². The van der Waals surface area contributed by atoms with Crippen molar-refractivity contribution in [1.29, 1.82) is 5.26 Å². The van der Waals surface area contributed by atoms with Crippen LogP contribution in [0.1, 0.15) is 25.3 Å². The summed E-state index contributed by atoms with van der Waals surface area (Å²) in [5.41, 5.74) is 7.87. The number of likely N-dealkylation sites (N-methyl/N-ethyl adjacent to an activating group) is 1. The van der Waals surface area contributed by atoms with Gasteiger partial charge in [-0.3, -0.25) is 4.90 Å². The number of nitrogens with zero attached hydrogens (tertiary/aromatic N) is 2. The summed E-state index contributed by atoms with van der Waals surface area (Å²) in [5, 5.41) is 12.2. The minimum atomic E-state index is 0.539. The number of nitrogens with two attached hydrogens (primary N) is 1. The zero-order valence-electron chi connectivity index (χ0n) is 10.8. The third-order valence-electron chi connectivity index (χ3n) is 3.62. The number of nitrogens with one attached hydrogen (secondary N) is 1. The third kappa shape index (κ3) is 2.74. The van der Waals surface area contributed by atoms with E-state index < -0.39 is 0 Å². The summed E-state index contributed by atoms with van der Waals surface area (Å²) < 4.78 is 0. The van der Waals surface area contributed by atoms with Crippen molar-refractivity contribution in [1.82, 2.24) is 4.90 Å². The molecule has 1 fully saturated rings. The molecule has 18 heavy (non-hydrogen) atoms. The number of nitrogen functional groups attached to an aromatic ring is 1. The molecule has 4 nitrogen and oxygen atoms in total. The van der Waals surface area contributed by atoms with Crippen LogP contribution in [0.25, 0.3) is 0 Å². The van der Waals surface area contributed by atoms with Crippen molar-refractivity contribution >= 4 is 11.4 Å². The summed E-state index contributed by atoms with van der Waals surface area (Å²) in [5.74, 6) is 0. The van der Waals surface area contributed by atoms with Crippen molar-refractivity contribution in [3.05, 3.63) is 23.8 Å². The van der Waals surface area contributed by atoms with E-state index in [4.69, 9.17) is 11.0 Å². The molecule has 0 amide bonds. The fourth-order valence-corrected chi connectivity index (χ4v) is 2.55. The molecule has 1 aromatic carbocycles. The third-order valence-corrected chi connectivity index (χ3v) is 3.62.